The maximum absolute atomic E-state index is 12.4. The van der Waals surface area contributed by atoms with Gasteiger partial charge in [0, 0.05) is 19.5 Å². The summed E-state index contributed by atoms with van der Waals surface area (Å²) < 4.78 is 5.51. The van der Waals surface area contributed by atoms with Crippen LogP contribution in [0.4, 0.5) is 0 Å². The van der Waals surface area contributed by atoms with Gasteiger partial charge in [0.15, 0.2) is 0 Å². The lowest BCUT2D eigenvalue weighted by atomic mass is 10.1. The third-order valence-corrected chi connectivity index (χ3v) is 4.36. The first-order chi connectivity index (χ1) is 11.0. The number of rotatable bonds is 3. The number of imide groups is 1. The van der Waals surface area contributed by atoms with E-state index in [1.54, 1.807) is 29.2 Å². The predicted molar refractivity (Wildman–Crippen MR) is 83.0 cm³/mol. The predicted octanol–water partition coefficient (Wildman–Crippen LogP) is 1.31. The first-order valence-corrected chi connectivity index (χ1v) is 7.85. The van der Waals surface area contributed by atoms with Crippen LogP contribution in [0, 0.1) is 0 Å². The number of hydrogen-bond donors (Lipinski definition) is 0. The van der Waals surface area contributed by atoms with Crippen LogP contribution in [0.1, 0.15) is 41.0 Å². The molecule has 6 nitrogen and oxygen atoms in total. The number of hydrogen-bond acceptors (Lipinski definition) is 4. The van der Waals surface area contributed by atoms with E-state index < -0.39 is 0 Å². The van der Waals surface area contributed by atoms with Crippen LogP contribution in [0.25, 0.3) is 0 Å². The number of amides is 3. The van der Waals surface area contributed by atoms with E-state index in [0.29, 0.717) is 24.3 Å². The van der Waals surface area contributed by atoms with Gasteiger partial charge in [0.2, 0.25) is 5.91 Å². The van der Waals surface area contributed by atoms with Crippen molar-refractivity contribution in [2.75, 3.05) is 19.7 Å². The molecule has 2 unspecified atom stereocenters. The monoisotopic (exact) mass is 316 g/mol. The van der Waals surface area contributed by atoms with Gasteiger partial charge in [0.05, 0.1) is 29.9 Å². The summed E-state index contributed by atoms with van der Waals surface area (Å²) in [5, 5.41) is 0. The quantitative estimate of drug-likeness (QED) is 0.789. The van der Waals surface area contributed by atoms with Crippen LogP contribution < -0.4 is 0 Å². The van der Waals surface area contributed by atoms with Gasteiger partial charge in [-0.2, -0.15) is 0 Å². The fraction of sp³-hybridized carbons (Fsp3) is 0.471. The largest absolute Gasteiger partial charge is 0.375 e. The van der Waals surface area contributed by atoms with Gasteiger partial charge in [-0.25, -0.2) is 0 Å². The number of fused-ring (bicyclic) bond motifs is 1. The maximum Gasteiger partial charge on any atom is 0.261 e. The van der Waals surface area contributed by atoms with Crippen molar-refractivity contribution in [2.24, 2.45) is 0 Å². The second-order valence-electron chi connectivity index (χ2n) is 6.10. The fourth-order valence-corrected chi connectivity index (χ4v) is 3.04. The molecule has 1 aromatic rings. The normalized spacial score (nSPS) is 24.1. The van der Waals surface area contributed by atoms with Crippen LogP contribution in [0.3, 0.4) is 0 Å². The van der Waals surface area contributed by atoms with E-state index >= 15 is 0 Å². The smallest absolute Gasteiger partial charge is 0.261 e. The molecular formula is C17H20N2O4. The standard InChI is InChI=1S/C17H20N2O4/c1-11-10-23-12(2)9-19(11)15(20)7-8-18-16(21)13-5-3-4-6-14(13)17(18)22/h3-6,11-12H,7-10H2,1-2H3. The molecule has 1 fully saturated rings. The molecular weight excluding hydrogens is 296 g/mol. The van der Waals surface area contributed by atoms with Crippen molar-refractivity contribution < 1.29 is 19.1 Å². The Morgan fingerprint density at radius 3 is 2.39 bits per heavy atom. The molecule has 0 aromatic heterocycles. The molecule has 0 aliphatic carbocycles. The SMILES string of the molecule is CC1CN(C(=O)CCN2C(=O)c3ccccc3C2=O)C(C)CO1. The molecule has 6 heteroatoms. The molecule has 3 rings (SSSR count). The Morgan fingerprint density at radius 1 is 1.17 bits per heavy atom. The number of carbonyl (C=O) groups is 3. The van der Waals surface area contributed by atoms with Gasteiger partial charge in [-0.05, 0) is 26.0 Å². The van der Waals surface area contributed by atoms with Gasteiger partial charge in [0.25, 0.3) is 11.8 Å². The number of nitrogens with zero attached hydrogens (tertiary/aromatic N) is 2. The lowest BCUT2D eigenvalue weighted by Gasteiger charge is -2.37. The van der Waals surface area contributed by atoms with Crippen LogP contribution in [0.5, 0.6) is 0 Å². The van der Waals surface area contributed by atoms with Crippen LogP contribution in [0.2, 0.25) is 0 Å². The Hall–Kier alpha value is -2.21. The minimum absolute atomic E-state index is 0.00875. The molecule has 1 saturated heterocycles. The van der Waals surface area contributed by atoms with E-state index in [-0.39, 0.29) is 42.8 Å². The first kappa shape index (κ1) is 15.7. The minimum atomic E-state index is -0.318. The van der Waals surface area contributed by atoms with Crippen LogP contribution >= 0.6 is 0 Å². The summed E-state index contributed by atoms with van der Waals surface area (Å²) in [6, 6.07) is 6.76. The number of ether oxygens (including phenoxy) is 1. The summed E-state index contributed by atoms with van der Waals surface area (Å²) >= 11 is 0. The molecule has 0 radical (unpaired) electrons. The Kier molecular flexibility index (Phi) is 4.17. The second kappa shape index (κ2) is 6.12. The van der Waals surface area contributed by atoms with Gasteiger partial charge in [-0.1, -0.05) is 12.1 Å². The molecule has 2 atom stereocenters. The highest BCUT2D eigenvalue weighted by atomic mass is 16.5. The summed E-state index contributed by atoms with van der Waals surface area (Å²) in [5.74, 6) is -0.687. The Morgan fingerprint density at radius 2 is 1.78 bits per heavy atom. The third kappa shape index (κ3) is 2.86. The van der Waals surface area contributed by atoms with Crippen molar-refractivity contribution >= 4 is 17.7 Å². The zero-order valence-electron chi connectivity index (χ0n) is 13.3. The summed E-state index contributed by atoms with van der Waals surface area (Å²) in [6.07, 6.45) is 0.150. The lowest BCUT2D eigenvalue weighted by Crippen LogP contribution is -2.50. The Balaban J connectivity index is 1.64. The molecule has 3 amide bonds. The van der Waals surface area contributed by atoms with E-state index in [4.69, 9.17) is 4.74 Å². The average Bonchev–Trinajstić information content (AvgIpc) is 2.79. The van der Waals surface area contributed by atoms with E-state index in [9.17, 15) is 14.4 Å². The molecule has 0 N–H and O–H groups in total. The van der Waals surface area contributed by atoms with E-state index in [2.05, 4.69) is 0 Å². The van der Waals surface area contributed by atoms with Crippen molar-refractivity contribution in [3.05, 3.63) is 35.4 Å². The minimum Gasteiger partial charge on any atom is -0.375 e. The van der Waals surface area contributed by atoms with E-state index in [1.165, 1.54) is 0 Å². The number of carbonyl (C=O) groups excluding carboxylic acids is 3. The lowest BCUT2D eigenvalue weighted by molar-refractivity contribution is -0.143. The van der Waals surface area contributed by atoms with Crippen LogP contribution in [-0.4, -0.2) is 59.4 Å². The highest BCUT2D eigenvalue weighted by Gasteiger charge is 2.36. The molecule has 2 aliphatic heterocycles. The molecule has 0 saturated carbocycles. The van der Waals surface area contributed by atoms with Gasteiger partial charge >= 0.3 is 0 Å². The molecule has 122 valence electrons. The van der Waals surface area contributed by atoms with Gasteiger partial charge in [-0.15, -0.1) is 0 Å². The Labute approximate surface area is 135 Å². The number of benzene rings is 1. The zero-order valence-corrected chi connectivity index (χ0v) is 13.3. The molecule has 0 spiro atoms. The molecule has 2 heterocycles. The van der Waals surface area contributed by atoms with Gasteiger partial charge in [-0.3, -0.25) is 19.3 Å². The maximum atomic E-state index is 12.4. The van der Waals surface area contributed by atoms with Crippen LogP contribution in [0.15, 0.2) is 24.3 Å². The van der Waals surface area contributed by atoms with Crippen molar-refractivity contribution in [3.63, 3.8) is 0 Å². The topological polar surface area (TPSA) is 66.9 Å². The average molecular weight is 316 g/mol. The van der Waals surface area contributed by atoms with E-state index in [1.807, 2.05) is 13.8 Å². The highest BCUT2D eigenvalue weighted by Crippen LogP contribution is 2.23. The first-order valence-electron chi connectivity index (χ1n) is 7.85. The second-order valence-corrected chi connectivity index (χ2v) is 6.10. The van der Waals surface area contributed by atoms with Crippen molar-refractivity contribution in [3.8, 4) is 0 Å². The van der Waals surface area contributed by atoms with Crippen molar-refractivity contribution in [1.29, 1.82) is 0 Å². The highest BCUT2D eigenvalue weighted by molar-refractivity contribution is 6.21. The van der Waals surface area contributed by atoms with Gasteiger partial charge in [0.1, 0.15) is 0 Å². The molecule has 2 aliphatic rings. The zero-order chi connectivity index (χ0) is 16.6. The molecule has 1 aromatic carbocycles. The van der Waals surface area contributed by atoms with E-state index in [0.717, 1.165) is 4.90 Å². The fourth-order valence-electron chi connectivity index (χ4n) is 3.04. The Bertz CT molecular complexity index is 623. The number of morpholine rings is 1. The van der Waals surface area contributed by atoms with Gasteiger partial charge < -0.3 is 9.64 Å². The third-order valence-electron chi connectivity index (χ3n) is 4.36. The molecule has 23 heavy (non-hydrogen) atoms. The van der Waals surface area contributed by atoms with Crippen LogP contribution in [-0.2, 0) is 9.53 Å². The summed E-state index contributed by atoms with van der Waals surface area (Å²) in [4.78, 5) is 39.9. The van der Waals surface area contributed by atoms with Crippen molar-refractivity contribution in [1.82, 2.24) is 9.80 Å². The summed E-state index contributed by atoms with van der Waals surface area (Å²) in [6.45, 7) is 5.04. The molecule has 0 bridgehead atoms. The summed E-state index contributed by atoms with van der Waals surface area (Å²) in [5.41, 5.74) is 0.830. The summed E-state index contributed by atoms with van der Waals surface area (Å²) in [7, 11) is 0. The van der Waals surface area contributed by atoms with Crippen molar-refractivity contribution in [2.45, 2.75) is 32.4 Å².